The minimum Gasteiger partial charge on any atom is -0.455 e. The molecule has 2 aromatic heterocycles. The molecule has 0 unspecified atom stereocenters. The van der Waals surface area contributed by atoms with Gasteiger partial charge < -0.3 is 14.6 Å². The van der Waals surface area contributed by atoms with Crippen molar-refractivity contribution < 1.29 is 14.3 Å². The average molecular weight is 473 g/mol. The molecule has 0 bridgehead atoms. The first-order valence-corrected chi connectivity index (χ1v) is 12.5. The fourth-order valence-corrected chi connectivity index (χ4v) is 4.56. The smallest absolute Gasteiger partial charge is 0.316 e. The van der Waals surface area contributed by atoms with Crippen LogP contribution in [0.3, 0.4) is 0 Å². The van der Waals surface area contributed by atoms with Crippen LogP contribution >= 0.6 is 23.1 Å². The second-order valence-electron chi connectivity index (χ2n) is 7.47. The maximum atomic E-state index is 12.1. The molecule has 3 aromatic rings. The molecule has 0 spiro atoms. The highest BCUT2D eigenvalue weighted by molar-refractivity contribution is 7.99. The summed E-state index contributed by atoms with van der Waals surface area (Å²) >= 11 is 2.85. The molecule has 0 aliphatic heterocycles. The van der Waals surface area contributed by atoms with Gasteiger partial charge in [-0.15, -0.1) is 21.5 Å². The summed E-state index contributed by atoms with van der Waals surface area (Å²) in [7, 11) is 0. The predicted molar refractivity (Wildman–Crippen MR) is 128 cm³/mol. The van der Waals surface area contributed by atoms with Crippen molar-refractivity contribution in [1.82, 2.24) is 20.1 Å². The topological polar surface area (TPSA) is 86.1 Å². The molecule has 3 rings (SSSR count). The van der Waals surface area contributed by atoms with Gasteiger partial charge in [0.05, 0.1) is 10.6 Å². The molecule has 32 heavy (non-hydrogen) atoms. The van der Waals surface area contributed by atoms with Gasteiger partial charge in [0, 0.05) is 13.1 Å². The molecular weight excluding hydrogens is 444 g/mol. The first-order valence-electron chi connectivity index (χ1n) is 10.6. The number of nitrogens with zero attached hydrogens (tertiary/aromatic N) is 3. The van der Waals surface area contributed by atoms with Crippen molar-refractivity contribution in [3.8, 4) is 10.7 Å². The van der Waals surface area contributed by atoms with Crippen LogP contribution in [0.4, 0.5) is 0 Å². The van der Waals surface area contributed by atoms with Gasteiger partial charge in [-0.1, -0.05) is 55.9 Å². The van der Waals surface area contributed by atoms with Gasteiger partial charge in [-0.05, 0) is 41.8 Å². The Morgan fingerprint density at radius 1 is 1.19 bits per heavy atom. The Bertz CT molecular complexity index is 1010. The van der Waals surface area contributed by atoms with E-state index in [1.807, 2.05) is 29.0 Å². The second kappa shape index (κ2) is 11.8. The number of hydrogen-bond acceptors (Lipinski definition) is 7. The van der Waals surface area contributed by atoms with Crippen molar-refractivity contribution in [1.29, 1.82) is 0 Å². The highest BCUT2D eigenvalue weighted by atomic mass is 32.2. The van der Waals surface area contributed by atoms with Crippen molar-refractivity contribution in [3.05, 3.63) is 52.9 Å². The van der Waals surface area contributed by atoms with Gasteiger partial charge in [0.1, 0.15) is 0 Å². The molecule has 1 N–H and O–H groups in total. The van der Waals surface area contributed by atoms with Crippen molar-refractivity contribution in [2.24, 2.45) is 0 Å². The Morgan fingerprint density at radius 2 is 1.97 bits per heavy atom. The maximum Gasteiger partial charge on any atom is 0.316 e. The first kappa shape index (κ1) is 24.0. The van der Waals surface area contributed by atoms with Crippen molar-refractivity contribution >= 4 is 35.0 Å². The lowest BCUT2D eigenvalue weighted by Gasteiger charge is -2.09. The summed E-state index contributed by atoms with van der Waals surface area (Å²) in [6, 6.07) is 12.3. The Balaban J connectivity index is 1.37. The number of hydrogen-bond donors (Lipinski definition) is 1. The number of nitrogens with one attached hydrogen (secondary N) is 1. The van der Waals surface area contributed by atoms with E-state index >= 15 is 0 Å². The summed E-state index contributed by atoms with van der Waals surface area (Å²) in [5.41, 5.74) is 2.45. The van der Waals surface area contributed by atoms with Gasteiger partial charge >= 0.3 is 5.97 Å². The van der Waals surface area contributed by atoms with Crippen molar-refractivity contribution in [2.75, 3.05) is 18.9 Å². The average Bonchev–Trinajstić information content (AvgIpc) is 3.46. The van der Waals surface area contributed by atoms with Crippen LogP contribution in [-0.2, 0) is 27.3 Å². The van der Waals surface area contributed by atoms with Gasteiger partial charge in [-0.25, -0.2) is 0 Å². The molecule has 0 aliphatic rings. The van der Waals surface area contributed by atoms with Crippen molar-refractivity contribution in [3.63, 3.8) is 0 Å². The standard InChI is InChI=1S/C23H28N4O3S2/c1-4-27-22(19-6-5-13-31-19)25-26-23(27)32-15-21(29)30-14-20(28)24-12-11-17-7-9-18(10-8-17)16(2)3/h5-10,13,16H,4,11-12,14-15H2,1-3H3,(H,24,28). The van der Waals surface area contributed by atoms with Crippen LogP contribution in [0.25, 0.3) is 10.7 Å². The number of rotatable bonds is 11. The number of esters is 1. The van der Waals surface area contributed by atoms with Crippen LogP contribution in [0, 0.1) is 0 Å². The minimum absolute atomic E-state index is 0.0675. The van der Waals surface area contributed by atoms with E-state index in [1.54, 1.807) is 11.3 Å². The molecule has 1 aromatic carbocycles. The molecule has 170 valence electrons. The van der Waals surface area contributed by atoms with Crippen molar-refractivity contribution in [2.45, 2.75) is 44.8 Å². The van der Waals surface area contributed by atoms with Gasteiger partial charge in [-0.2, -0.15) is 0 Å². The van der Waals surface area contributed by atoms with Gasteiger partial charge in [0.25, 0.3) is 5.91 Å². The number of ether oxygens (including phenoxy) is 1. The monoisotopic (exact) mass is 472 g/mol. The number of carbonyl (C=O) groups is 2. The molecule has 2 heterocycles. The van der Waals surface area contributed by atoms with E-state index in [0.29, 0.717) is 24.2 Å². The lowest BCUT2D eigenvalue weighted by atomic mass is 10.0. The zero-order chi connectivity index (χ0) is 22.9. The molecule has 0 aliphatic carbocycles. The molecule has 0 saturated carbocycles. The number of carbonyl (C=O) groups excluding carboxylic acids is 2. The molecule has 0 atom stereocenters. The van der Waals surface area contributed by atoms with Gasteiger partial charge in [-0.3, -0.25) is 9.59 Å². The Morgan fingerprint density at radius 3 is 2.62 bits per heavy atom. The number of aromatic nitrogens is 3. The molecular formula is C23H28N4O3S2. The third-order valence-corrected chi connectivity index (χ3v) is 6.65. The third kappa shape index (κ3) is 6.67. The number of benzene rings is 1. The van der Waals surface area contributed by atoms with E-state index in [9.17, 15) is 9.59 Å². The Labute approximate surface area is 196 Å². The van der Waals surface area contributed by atoms with Crippen LogP contribution in [-0.4, -0.2) is 45.5 Å². The summed E-state index contributed by atoms with van der Waals surface area (Å²) in [6.45, 7) is 7.23. The van der Waals surface area contributed by atoms with E-state index in [1.165, 1.54) is 17.3 Å². The van der Waals surface area contributed by atoms with E-state index in [-0.39, 0.29) is 18.3 Å². The summed E-state index contributed by atoms with van der Waals surface area (Å²) in [5, 5.41) is 13.9. The number of thioether (sulfide) groups is 1. The molecule has 9 heteroatoms. The normalized spacial score (nSPS) is 11.0. The fraction of sp³-hybridized carbons (Fsp3) is 0.391. The predicted octanol–water partition coefficient (Wildman–Crippen LogP) is 4.14. The van der Waals surface area contributed by atoms with Crippen LogP contribution in [0.5, 0.6) is 0 Å². The molecule has 1 amide bonds. The summed E-state index contributed by atoms with van der Waals surface area (Å²) in [5.74, 6) is 0.587. The number of thiophene rings is 1. The fourth-order valence-electron chi connectivity index (χ4n) is 3.05. The van der Waals surface area contributed by atoms with E-state index in [4.69, 9.17) is 4.74 Å². The van der Waals surface area contributed by atoms with Gasteiger partial charge in [0.15, 0.2) is 17.6 Å². The largest absolute Gasteiger partial charge is 0.455 e. The minimum atomic E-state index is -0.460. The zero-order valence-electron chi connectivity index (χ0n) is 18.5. The lowest BCUT2D eigenvalue weighted by molar-refractivity contribution is -0.145. The number of amides is 1. The molecule has 0 radical (unpaired) electrons. The van der Waals surface area contributed by atoms with Crippen LogP contribution in [0.2, 0.25) is 0 Å². The quantitative estimate of drug-likeness (QED) is 0.333. The summed E-state index contributed by atoms with van der Waals surface area (Å²) < 4.78 is 7.06. The summed E-state index contributed by atoms with van der Waals surface area (Å²) in [4.78, 5) is 25.1. The van der Waals surface area contributed by atoms with Crippen LogP contribution < -0.4 is 5.32 Å². The highest BCUT2D eigenvalue weighted by Crippen LogP contribution is 2.27. The van der Waals surface area contributed by atoms with E-state index in [2.05, 4.69) is 53.6 Å². The first-order chi connectivity index (χ1) is 15.5. The lowest BCUT2D eigenvalue weighted by Crippen LogP contribution is -2.30. The van der Waals surface area contributed by atoms with E-state index in [0.717, 1.165) is 22.7 Å². The zero-order valence-corrected chi connectivity index (χ0v) is 20.2. The SMILES string of the molecule is CCn1c(SCC(=O)OCC(=O)NCCc2ccc(C(C)C)cc2)nnc1-c1cccs1. The molecule has 0 saturated heterocycles. The summed E-state index contributed by atoms with van der Waals surface area (Å²) in [6.07, 6.45) is 0.729. The molecule has 0 fully saturated rings. The Kier molecular flexibility index (Phi) is 8.87. The maximum absolute atomic E-state index is 12.1. The molecule has 7 nitrogen and oxygen atoms in total. The van der Waals surface area contributed by atoms with Crippen LogP contribution in [0.15, 0.2) is 46.9 Å². The third-order valence-electron chi connectivity index (χ3n) is 4.84. The highest BCUT2D eigenvalue weighted by Gasteiger charge is 2.16. The van der Waals surface area contributed by atoms with Gasteiger partial charge in [0.2, 0.25) is 0 Å². The van der Waals surface area contributed by atoms with Crippen LogP contribution in [0.1, 0.15) is 37.8 Å². The Hall–Kier alpha value is -2.65. The second-order valence-corrected chi connectivity index (χ2v) is 9.36. The van der Waals surface area contributed by atoms with E-state index < -0.39 is 5.97 Å².